The number of nitrogens with zero attached hydrogens (tertiary/aromatic N) is 1. The Morgan fingerprint density at radius 2 is 2.24 bits per heavy atom. The molecule has 7 heteroatoms. The molecule has 17 heavy (non-hydrogen) atoms. The molecule has 0 saturated carbocycles. The summed E-state index contributed by atoms with van der Waals surface area (Å²) in [6.45, 7) is 0.0317. The van der Waals surface area contributed by atoms with Crippen LogP contribution in [-0.4, -0.2) is 24.6 Å². The predicted octanol–water partition coefficient (Wildman–Crippen LogP) is 2.30. The molecule has 0 unspecified atom stereocenters. The lowest BCUT2D eigenvalue weighted by Gasteiger charge is -2.06. The highest BCUT2D eigenvalue weighted by molar-refractivity contribution is 9.10. The lowest BCUT2D eigenvalue weighted by molar-refractivity contribution is -0.386. The maximum atomic E-state index is 10.8. The molecule has 92 valence electrons. The van der Waals surface area contributed by atoms with Crippen LogP contribution in [0.2, 0.25) is 0 Å². The summed E-state index contributed by atoms with van der Waals surface area (Å²) in [6.07, 6.45) is 0.0418. The highest BCUT2D eigenvalue weighted by atomic mass is 79.9. The molecule has 0 aliphatic rings. The maximum Gasteiger partial charge on any atom is 0.324 e. The fourth-order valence-corrected chi connectivity index (χ4v) is 1.63. The largest absolute Gasteiger partial charge is 0.486 e. The van der Waals surface area contributed by atoms with Gasteiger partial charge in [-0.15, -0.1) is 0 Å². The van der Waals surface area contributed by atoms with Crippen molar-refractivity contribution in [3.8, 4) is 5.75 Å². The summed E-state index contributed by atoms with van der Waals surface area (Å²) in [5, 5.41) is 10.8. The summed E-state index contributed by atoms with van der Waals surface area (Å²) in [5.41, 5.74) is -0.155. The van der Waals surface area contributed by atoms with E-state index < -0.39 is 10.9 Å². The van der Waals surface area contributed by atoms with E-state index in [1.165, 1.54) is 13.2 Å². The Bertz CT molecular complexity index is 435. The number of hydrogen-bond donors (Lipinski definition) is 0. The molecule has 0 amide bonds. The molecule has 0 radical (unpaired) electrons. The molecule has 0 aliphatic carbocycles. The van der Waals surface area contributed by atoms with Crippen molar-refractivity contribution in [2.75, 3.05) is 13.7 Å². The molecule has 6 nitrogen and oxygen atoms in total. The normalized spacial score (nSPS) is 9.76. The van der Waals surface area contributed by atoms with Crippen LogP contribution in [0.5, 0.6) is 5.75 Å². The molecule has 1 aromatic rings. The lowest BCUT2D eigenvalue weighted by Crippen LogP contribution is -2.08. The van der Waals surface area contributed by atoms with E-state index in [0.29, 0.717) is 4.47 Å². The number of esters is 1. The zero-order chi connectivity index (χ0) is 12.8. The zero-order valence-corrected chi connectivity index (χ0v) is 10.6. The van der Waals surface area contributed by atoms with Gasteiger partial charge in [-0.3, -0.25) is 14.9 Å². The smallest absolute Gasteiger partial charge is 0.324 e. The number of carbonyl (C=O) groups excluding carboxylic acids is 1. The van der Waals surface area contributed by atoms with Crippen LogP contribution >= 0.6 is 15.9 Å². The fraction of sp³-hybridized carbons (Fsp3) is 0.300. The predicted molar refractivity (Wildman–Crippen MR) is 62.9 cm³/mol. The van der Waals surface area contributed by atoms with Gasteiger partial charge in [0.2, 0.25) is 0 Å². The monoisotopic (exact) mass is 303 g/mol. The number of ether oxygens (including phenoxy) is 2. The number of carbonyl (C=O) groups is 1. The van der Waals surface area contributed by atoms with E-state index in [-0.39, 0.29) is 24.5 Å². The molecular weight excluding hydrogens is 294 g/mol. The third-order valence-electron chi connectivity index (χ3n) is 1.92. The van der Waals surface area contributed by atoms with Gasteiger partial charge in [-0.05, 0) is 28.1 Å². The van der Waals surface area contributed by atoms with Crippen molar-refractivity contribution in [1.29, 1.82) is 0 Å². The highest BCUT2D eigenvalue weighted by Crippen LogP contribution is 2.34. The van der Waals surface area contributed by atoms with Crippen LogP contribution in [0.15, 0.2) is 22.7 Å². The van der Waals surface area contributed by atoms with Gasteiger partial charge in [0.15, 0.2) is 5.75 Å². The van der Waals surface area contributed by atoms with Gasteiger partial charge in [-0.2, -0.15) is 0 Å². The zero-order valence-electron chi connectivity index (χ0n) is 9.01. The van der Waals surface area contributed by atoms with Crippen molar-refractivity contribution in [2.45, 2.75) is 6.42 Å². The number of para-hydroxylation sites is 1. The van der Waals surface area contributed by atoms with Gasteiger partial charge in [0, 0.05) is 0 Å². The molecular formula is C10H10BrNO5. The number of methoxy groups -OCH3 is 1. The Morgan fingerprint density at radius 3 is 2.82 bits per heavy atom. The van der Waals surface area contributed by atoms with Crippen LogP contribution in [0.1, 0.15) is 6.42 Å². The van der Waals surface area contributed by atoms with Crippen LogP contribution in [0.25, 0.3) is 0 Å². The second-order valence-corrected chi connectivity index (χ2v) is 3.87. The summed E-state index contributed by atoms with van der Waals surface area (Å²) < 4.78 is 9.94. The summed E-state index contributed by atoms with van der Waals surface area (Å²) in [5.74, 6) is -0.309. The van der Waals surface area contributed by atoms with Crippen molar-refractivity contribution >= 4 is 27.6 Å². The molecule has 0 spiro atoms. The van der Waals surface area contributed by atoms with E-state index in [1.807, 2.05) is 0 Å². The van der Waals surface area contributed by atoms with Crippen molar-refractivity contribution in [3.05, 3.63) is 32.8 Å². The average molecular weight is 304 g/mol. The average Bonchev–Trinajstić information content (AvgIpc) is 2.28. The first kappa shape index (κ1) is 13.4. The Balaban J connectivity index is 2.74. The molecule has 0 aromatic heterocycles. The lowest BCUT2D eigenvalue weighted by atomic mass is 10.3. The van der Waals surface area contributed by atoms with Gasteiger partial charge in [0.1, 0.15) is 0 Å². The van der Waals surface area contributed by atoms with Crippen molar-refractivity contribution in [2.24, 2.45) is 0 Å². The fourth-order valence-electron chi connectivity index (χ4n) is 1.14. The third kappa shape index (κ3) is 3.70. The first-order valence-electron chi connectivity index (χ1n) is 4.68. The SMILES string of the molecule is COC(=O)CCOc1cccc(Br)c1[N+](=O)[O-]. The van der Waals surface area contributed by atoms with Gasteiger partial charge in [-0.25, -0.2) is 0 Å². The molecule has 0 aliphatic heterocycles. The highest BCUT2D eigenvalue weighted by Gasteiger charge is 2.19. The second-order valence-electron chi connectivity index (χ2n) is 3.02. The van der Waals surface area contributed by atoms with Gasteiger partial charge < -0.3 is 9.47 Å². The molecule has 1 aromatic carbocycles. The van der Waals surface area contributed by atoms with Crippen LogP contribution in [-0.2, 0) is 9.53 Å². The van der Waals surface area contributed by atoms with Gasteiger partial charge in [-0.1, -0.05) is 6.07 Å². The minimum absolute atomic E-state index is 0.0317. The number of benzene rings is 1. The van der Waals surface area contributed by atoms with E-state index in [1.54, 1.807) is 12.1 Å². The minimum atomic E-state index is -0.544. The minimum Gasteiger partial charge on any atom is -0.486 e. The third-order valence-corrected chi connectivity index (χ3v) is 2.56. The summed E-state index contributed by atoms with van der Waals surface area (Å²) in [6, 6.07) is 4.63. The summed E-state index contributed by atoms with van der Waals surface area (Å²) >= 11 is 3.07. The number of halogens is 1. The molecule has 0 heterocycles. The Hall–Kier alpha value is -1.63. The molecule has 0 bridgehead atoms. The first-order valence-corrected chi connectivity index (χ1v) is 5.48. The van der Waals surface area contributed by atoms with E-state index in [4.69, 9.17) is 4.74 Å². The van der Waals surface area contributed by atoms with E-state index in [9.17, 15) is 14.9 Å². The Kier molecular flexibility index (Phi) is 4.89. The maximum absolute atomic E-state index is 10.8. The van der Waals surface area contributed by atoms with Crippen molar-refractivity contribution in [1.82, 2.24) is 0 Å². The number of nitro groups is 1. The standard InChI is InChI=1S/C10H10BrNO5/c1-16-9(13)5-6-17-8-4-2-3-7(11)10(8)12(14)15/h2-4H,5-6H2,1H3. The number of nitro benzene ring substituents is 1. The van der Waals surface area contributed by atoms with Crippen LogP contribution in [0.3, 0.4) is 0 Å². The first-order chi connectivity index (χ1) is 8.06. The van der Waals surface area contributed by atoms with E-state index >= 15 is 0 Å². The quantitative estimate of drug-likeness (QED) is 0.474. The van der Waals surface area contributed by atoms with Gasteiger partial charge >= 0.3 is 11.7 Å². The molecule has 0 saturated heterocycles. The molecule has 0 atom stereocenters. The van der Waals surface area contributed by atoms with E-state index in [0.717, 1.165) is 0 Å². The number of hydrogen-bond acceptors (Lipinski definition) is 5. The summed E-state index contributed by atoms with van der Waals surface area (Å²) in [4.78, 5) is 21.1. The molecule has 0 N–H and O–H groups in total. The molecule has 1 rings (SSSR count). The van der Waals surface area contributed by atoms with Gasteiger partial charge in [0.05, 0.1) is 29.5 Å². The molecule has 0 fully saturated rings. The topological polar surface area (TPSA) is 78.7 Å². The second kappa shape index (κ2) is 6.19. The number of rotatable bonds is 5. The van der Waals surface area contributed by atoms with Crippen molar-refractivity contribution < 1.29 is 19.2 Å². The van der Waals surface area contributed by atoms with Crippen LogP contribution in [0.4, 0.5) is 5.69 Å². The Morgan fingerprint density at radius 1 is 1.53 bits per heavy atom. The Labute approximate surface area is 106 Å². The van der Waals surface area contributed by atoms with Crippen molar-refractivity contribution in [3.63, 3.8) is 0 Å². The van der Waals surface area contributed by atoms with Crippen LogP contribution < -0.4 is 4.74 Å². The summed E-state index contributed by atoms with van der Waals surface area (Å²) in [7, 11) is 1.27. The van der Waals surface area contributed by atoms with Gasteiger partial charge in [0.25, 0.3) is 0 Å². The van der Waals surface area contributed by atoms with Crippen LogP contribution in [0, 0.1) is 10.1 Å². The van der Waals surface area contributed by atoms with E-state index in [2.05, 4.69) is 20.7 Å².